The molecule has 0 saturated carbocycles. The third kappa shape index (κ3) is 3.18. The van der Waals surface area contributed by atoms with Gasteiger partial charge in [-0.15, -0.1) is 0 Å². The van der Waals surface area contributed by atoms with Crippen LogP contribution in [0.4, 0.5) is 5.69 Å². The highest BCUT2D eigenvalue weighted by molar-refractivity contribution is 14.2. The summed E-state index contributed by atoms with van der Waals surface area (Å²) < 4.78 is 1.01. The van der Waals surface area contributed by atoms with Gasteiger partial charge in [-0.05, 0) is 47.2 Å². The molecule has 1 unspecified atom stereocenters. The normalized spacial score (nSPS) is 10.7. The SMILES string of the molecule is CC(=N)c1cc(Br)ccc1NPI. The molecule has 0 aromatic heterocycles. The van der Waals surface area contributed by atoms with Crippen molar-refractivity contribution in [2.24, 2.45) is 0 Å². The van der Waals surface area contributed by atoms with Crippen molar-refractivity contribution in [2.75, 3.05) is 5.09 Å². The molecule has 1 aromatic carbocycles. The van der Waals surface area contributed by atoms with Crippen molar-refractivity contribution in [1.82, 2.24) is 0 Å². The minimum atomic E-state index is 0.582. The molecule has 0 radical (unpaired) electrons. The molecule has 70 valence electrons. The van der Waals surface area contributed by atoms with Crippen LogP contribution in [0.15, 0.2) is 22.7 Å². The van der Waals surface area contributed by atoms with Crippen LogP contribution in [0.2, 0.25) is 0 Å². The first-order valence-corrected chi connectivity index (χ1v) is 8.52. The van der Waals surface area contributed by atoms with Gasteiger partial charge in [0.2, 0.25) is 0 Å². The van der Waals surface area contributed by atoms with Crippen LogP contribution in [-0.4, -0.2) is 5.71 Å². The molecule has 1 rings (SSSR count). The maximum Gasteiger partial charge on any atom is 0.0468 e. The van der Waals surface area contributed by atoms with Crippen LogP contribution in [0.3, 0.4) is 0 Å². The molecule has 0 heterocycles. The fourth-order valence-corrected chi connectivity index (χ4v) is 2.54. The lowest BCUT2D eigenvalue weighted by Gasteiger charge is -2.08. The van der Waals surface area contributed by atoms with E-state index in [2.05, 4.69) is 43.1 Å². The first kappa shape index (κ1) is 11.4. The van der Waals surface area contributed by atoms with Crippen molar-refractivity contribution in [3.05, 3.63) is 28.2 Å². The highest BCUT2D eigenvalue weighted by Crippen LogP contribution is 2.28. The Morgan fingerprint density at radius 2 is 2.31 bits per heavy atom. The maximum atomic E-state index is 7.59. The summed E-state index contributed by atoms with van der Waals surface area (Å²) in [5, 5.41) is 10.8. The number of hydrogen-bond acceptors (Lipinski definition) is 2. The average Bonchev–Trinajstić information content (AvgIpc) is 2.08. The van der Waals surface area contributed by atoms with Gasteiger partial charge in [-0.25, -0.2) is 0 Å². The smallest absolute Gasteiger partial charge is 0.0468 e. The zero-order valence-corrected chi connectivity index (χ0v) is 11.7. The molecule has 0 aliphatic rings. The van der Waals surface area contributed by atoms with Crippen molar-refractivity contribution >= 4 is 55.7 Å². The quantitative estimate of drug-likeness (QED) is 0.467. The fourth-order valence-electron chi connectivity index (χ4n) is 0.987. The lowest BCUT2D eigenvalue weighted by Crippen LogP contribution is -1.97. The molecule has 0 bridgehead atoms. The number of halogens is 2. The predicted molar refractivity (Wildman–Crippen MR) is 72.6 cm³/mol. The Labute approximate surface area is 101 Å². The van der Waals surface area contributed by atoms with Gasteiger partial charge in [0.25, 0.3) is 0 Å². The average molecular weight is 371 g/mol. The molecule has 0 aliphatic heterocycles. The van der Waals surface area contributed by atoms with E-state index in [9.17, 15) is 0 Å². The lowest BCUT2D eigenvalue weighted by molar-refractivity contribution is 1.45. The van der Waals surface area contributed by atoms with Gasteiger partial charge in [-0.3, -0.25) is 0 Å². The molecule has 0 saturated heterocycles. The first-order valence-electron chi connectivity index (χ1n) is 3.62. The highest BCUT2D eigenvalue weighted by atomic mass is 127. The van der Waals surface area contributed by atoms with Crippen LogP contribution < -0.4 is 5.09 Å². The third-order valence-electron chi connectivity index (χ3n) is 1.57. The second kappa shape index (κ2) is 5.27. The van der Waals surface area contributed by atoms with E-state index in [-0.39, 0.29) is 0 Å². The third-order valence-corrected chi connectivity index (χ3v) is 3.23. The van der Waals surface area contributed by atoms with Crippen LogP contribution in [0.1, 0.15) is 12.5 Å². The van der Waals surface area contributed by atoms with E-state index in [0.29, 0.717) is 12.1 Å². The second-order valence-electron chi connectivity index (χ2n) is 2.53. The summed E-state index contributed by atoms with van der Waals surface area (Å²) in [5.41, 5.74) is 2.57. The van der Waals surface area contributed by atoms with Gasteiger partial charge in [0.15, 0.2) is 0 Å². The fraction of sp³-hybridized carbons (Fsp3) is 0.125. The minimum Gasteiger partial charge on any atom is -0.358 e. The molecule has 0 fully saturated rings. The summed E-state index contributed by atoms with van der Waals surface area (Å²) in [4.78, 5) is 0. The van der Waals surface area contributed by atoms with Crippen LogP contribution in [0, 0.1) is 5.41 Å². The maximum absolute atomic E-state index is 7.59. The standard InChI is InChI=1S/C8H9BrIN2P/c1-5(11)7-4-6(9)2-3-8(7)12-13-10/h2-4,11-13H,1H3. The molecule has 1 atom stereocenters. The number of benzene rings is 1. The van der Waals surface area contributed by atoms with E-state index in [1.807, 2.05) is 18.2 Å². The Hall–Kier alpha value is 0.330. The topological polar surface area (TPSA) is 35.9 Å². The molecule has 2 nitrogen and oxygen atoms in total. The lowest BCUT2D eigenvalue weighted by atomic mass is 10.1. The van der Waals surface area contributed by atoms with Gasteiger partial charge in [0.1, 0.15) is 0 Å². The summed E-state index contributed by atoms with van der Waals surface area (Å²) in [6.07, 6.45) is 0.629. The van der Waals surface area contributed by atoms with Gasteiger partial charge >= 0.3 is 0 Å². The second-order valence-corrected chi connectivity index (χ2v) is 5.51. The first-order chi connectivity index (χ1) is 6.15. The molecule has 1 aromatic rings. The number of anilines is 1. The van der Waals surface area contributed by atoms with E-state index in [1.165, 1.54) is 0 Å². The summed E-state index contributed by atoms with van der Waals surface area (Å²) in [6.45, 7) is 1.79. The van der Waals surface area contributed by atoms with Crippen molar-refractivity contribution < 1.29 is 0 Å². The highest BCUT2D eigenvalue weighted by Gasteiger charge is 2.03. The summed E-state index contributed by atoms with van der Waals surface area (Å²) in [5.74, 6) is 0. The van der Waals surface area contributed by atoms with E-state index in [1.54, 1.807) is 6.92 Å². The van der Waals surface area contributed by atoms with Crippen molar-refractivity contribution in [1.29, 1.82) is 5.41 Å². The van der Waals surface area contributed by atoms with Gasteiger partial charge < -0.3 is 10.5 Å². The number of rotatable bonds is 3. The number of nitrogens with one attached hydrogen (secondary N) is 2. The van der Waals surface area contributed by atoms with Crippen LogP contribution >= 0.6 is 44.3 Å². The molecule has 13 heavy (non-hydrogen) atoms. The van der Waals surface area contributed by atoms with E-state index < -0.39 is 0 Å². The molecular weight excluding hydrogens is 362 g/mol. The molecule has 0 spiro atoms. The Bertz CT molecular complexity index is 330. The Balaban J connectivity index is 3.10. The molecule has 5 heteroatoms. The summed E-state index contributed by atoms with van der Waals surface area (Å²) in [6, 6.07) is 5.93. The Morgan fingerprint density at radius 3 is 2.85 bits per heavy atom. The zero-order valence-electron chi connectivity index (χ0n) is 6.99. The summed E-state index contributed by atoms with van der Waals surface area (Å²) >= 11 is 5.67. The van der Waals surface area contributed by atoms with Gasteiger partial charge in [-0.1, -0.05) is 15.9 Å². The van der Waals surface area contributed by atoms with Gasteiger partial charge in [-0.2, -0.15) is 0 Å². The van der Waals surface area contributed by atoms with E-state index in [0.717, 1.165) is 15.7 Å². The summed E-state index contributed by atoms with van der Waals surface area (Å²) in [7, 11) is 0. The molecule has 2 N–H and O–H groups in total. The Kier molecular flexibility index (Phi) is 4.62. The van der Waals surface area contributed by atoms with Crippen LogP contribution in [-0.2, 0) is 0 Å². The van der Waals surface area contributed by atoms with Gasteiger partial charge in [0.05, 0.1) is 0 Å². The van der Waals surface area contributed by atoms with Gasteiger partial charge in [0, 0.05) is 27.8 Å². The predicted octanol–water partition coefficient (Wildman–Crippen LogP) is 4.19. The largest absolute Gasteiger partial charge is 0.358 e. The zero-order chi connectivity index (χ0) is 9.84. The number of hydrogen-bond donors (Lipinski definition) is 2. The Morgan fingerprint density at radius 1 is 1.62 bits per heavy atom. The monoisotopic (exact) mass is 370 g/mol. The van der Waals surface area contributed by atoms with Crippen molar-refractivity contribution in [2.45, 2.75) is 6.92 Å². The van der Waals surface area contributed by atoms with Crippen molar-refractivity contribution in [3.8, 4) is 0 Å². The minimum absolute atomic E-state index is 0.582. The van der Waals surface area contributed by atoms with E-state index >= 15 is 0 Å². The molecule has 0 aliphatic carbocycles. The van der Waals surface area contributed by atoms with E-state index in [4.69, 9.17) is 5.41 Å². The molecular formula is C8H9BrIN2P. The van der Waals surface area contributed by atoms with Crippen LogP contribution in [0.5, 0.6) is 0 Å². The molecule has 0 amide bonds. The van der Waals surface area contributed by atoms with Crippen LogP contribution in [0.25, 0.3) is 0 Å². The van der Waals surface area contributed by atoms with Crippen molar-refractivity contribution in [3.63, 3.8) is 0 Å².